The molecule has 2 rings (SSSR count). The quantitative estimate of drug-likeness (QED) is 0.815. The standard InChI is InChI=1S/C14H20F2N2/c1-2-12-3-5-13(6-4-12)18-9-7-17(8-10-18)11-14(15)16/h3-6,14H,2,7-11H2,1H3. The predicted molar refractivity (Wildman–Crippen MR) is 70.5 cm³/mol. The second-order valence-electron chi connectivity index (χ2n) is 4.70. The van der Waals surface area contributed by atoms with E-state index in [0.29, 0.717) is 0 Å². The molecule has 100 valence electrons. The Balaban J connectivity index is 1.88. The van der Waals surface area contributed by atoms with Crippen molar-refractivity contribution in [2.24, 2.45) is 0 Å². The minimum Gasteiger partial charge on any atom is -0.369 e. The van der Waals surface area contributed by atoms with Crippen LogP contribution in [0.15, 0.2) is 24.3 Å². The Kier molecular flexibility index (Phi) is 4.53. The number of aryl methyl sites for hydroxylation is 1. The van der Waals surface area contributed by atoms with Gasteiger partial charge in [-0.15, -0.1) is 0 Å². The van der Waals surface area contributed by atoms with Crippen LogP contribution in [0.3, 0.4) is 0 Å². The van der Waals surface area contributed by atoms with Gasteiger partial charge < -0.3 is 4.90 Å². The van der Waals surface area contributed by atoms with Gasteiger partial charge in [0.15, 0.2) is 0 Å². The van der Waals surface area contributed by atoms with Crippen LogP contribution in [-0.4, -0.2) is 44.0 Å². The van der Waals surface area contributed by atoms with Gasteiger partial charge in [0, 0.05) is 31.9 Å². The number of hydrogen-bond donors (Lipinski definition) is 0. The van der Waals surface area contributed by atoms with Crippen LogP contribution in [0, 0.1) is 0 Å². The molecule has 1 aromatic carbocycles. The first-order valence-corrected chi connectivity index (χ1v) is 6.53. The molecule has 0 saturated carbocycles. The molecule has 0 atom stereocenters. The fraction of sp³-hybridized carbons (Fsp3) is 0.571. The Morgan fingerprint density at radius 2 is 1.67 bits per heavy atom. The average Bonchev–Trinajstić information content (AvgIpc) is 2.39. The van der Waals surface area contributed by atoms with Crippen LogP contribution in [0.2, 0.25) is 0 Å². The first-order valence-electron chi connectivity index (χ1n) is 6.53. The third-order valence-corrected chi connectivity index (χ3v) is 3.48. The largest absolute Gasteiger partial charge is 0.369 e. The number of anilines is 1. The minimum atomic E-state index is -2.22. The molecule has 1 aliphatic rings. The molecule has 0 radical (unpaired) electrons. The van der Waals surface area contributed by atoms with Gasteiger partial charge in [-0.2, -0.15) is 0 Å². The maximum atomic E-state index is 12.3. The van der Waals surface area contributed by atoms with Crippen molar-refractivity contribution in [2.75, 3.05) is 37.6 Å². The van der Waals surface area contributed by atoms with Crippen LogP contribution >= 0.6 is 0 Å². The van der Waals surface area contributed by atoms with Gasteiger partial charge in [0.25, 0.3) is 6.43 Å². The van der Waals surface area contributed by atoms with Crippen molar-refractivity contribution < 1.29 is 8.78 Å². The van der Waals surface area contributed by atoms with Crippen LogP contribution in [-0.2, 0) is 6.42 Å². The van der Waals surface area contributed by atoms with Crippen LogP contribution in [0.5, 0.6) is 0 Å². The van der Waals surface area contributed by atoms with E-state index in [2.05, 4.69) is 36.1 Å². The number of halogens is 2. The van der Waals surface area contributed by atoms with E-state index in [0.717, 1.165) is 32.6 Å². The summed E-state index contributed by atoms with van der Waals surface area (Å²) in [5, 5.41) is 0. The van der Waals surface area contributed by atoms with E-state index in [1.807, 2.05) is 4.90 Å². The summed E-state index contributed by atoms with van der Waals surface area (Å²) in [7, 11) is 0. The average molecular weight is 254 g/mol. The van der Waals surface area contributed by atoms with E-state index in [-0.39, 0.29) is 6.54 Å². The number of piperazine rings is 1. The van der Waals surface area contributed by atoms with E-state index >= 15 is 0 Å². The summed E-state index contributed by atoms with van der Waals surface area (Å²) in [6.07, 6.45) is -1.18. The van der Waals surface area contributed by atoms with Gasteiger partial charge >= 0.3 is 0 Å². The van der Waals surface area contributed by atoms with E-state index in [1.54, 1.807) is 0 Å². The predicted octanol–water partition coefficient (Wildman–Crippen LogP) is 2.64. The van der Waals surface area contributed by atoms with Gasteiger partial charge in [-0.3, -0.25) is 4.90 Å². The normalized spacial score (nSPS) is 17.4. The molecule has 0 unspecified atom stereocenters. The molecule has 1 fully saturated rings. The van der Waals surface area contributed by atoms with Crippen molar-refractivity contribution in [3.63, 3.8) is 0 Å². The maximum Gasteiger partial charge on any atom is 0.251 e. The monoisotopic (exact) mass is 254 g/mol. The molecular weight excluding hydrogens is 234 g/mol. The number of rotatable bonds is 4. The van der Waals surface area contributed by atoms with Gasteiger partial charge in [0.05, 0.1) is 6.54 Å². The molecule has 1 aliphatic heterocycles. The topological polar surface area (TPSA) is 6.48 Å². The van der Waals surface area contributed by atoms with Crippen molar-refractivity contribution >= 4 is 5.69 Å². The van der Waals surface area contributed by atoms with Crippen molar-refractivity contribution in [2.45, 2.75) is 19.8 Å². The lowest BCUT2D eigenvalue weighted by molar-refractivity contribution is 0.0854. The number of hydrogen-bond acceptors (Lipinski definition) is 2. The molecule has 1 aromatic rings. The molecule has 0 aromatic heterocycles. The van der Waals surface area contributed by atoms with Gasteiger partial charge in [-0.25, -0.2) is 8.78 Å². The van der Waals surface area contributed by atoms with Crippen molar-refractivity contribution in [3.05, 3.63) is 29.8 Å². The highest BCUT2D eigenvalue weighted by Gasteiger charge is 2.19. The SMILES string of the molecule is CCc1ccc(N2CCN(CC(F)F)CC2)cc1. The highest BCUT2D eigenvalue weighted by atomic mass is 19.3. The fourth-order valence-corrected chi connectivity index (χ4v) is 2.33. The minimum absolute atomic E-state index is 0.0946. The molecule has 1 heterocycles. The van der Waals surface area contributed by atoms with E-state index < -0.39 is 6.43 Å². The second-order valence-corrected chi connectivity index (χ2v) is 4.70. The lowest BCUT2D eigenvalue weighted by atomic mass is 10.1. The summed E-state index contributed by atoms with van der Waals surface area (Å²) < 4.78 is 24.5. The Hall–Kier alpha value is -1.16. The fourth-order valence-electron chi connectivity index (χ4n) is 2.33. The summed E-state index contributed by atoms with van der Waals surface area (Å²) in [5.41, 5.74) is 2.53. The zero-order valence-electron chi connectivity index (χ0n) is 10.8. The lowest BCUT2D eigenvalue weighted by Gasteiger charge is -2.35. The number of alkyl halides is 2. The molecule has 0 amide bonds. The molecular formula is C14H20F2N2. The lowest BCUT2D eigenvalue weighted by Crippen LogP contribution is -2.47. The van der Waals surface area contributed by atoms with Crippen molar-refractivity contribution in [1.82, 2.24) is 4.90 Å². The second kappa shape index (κ2) is 6.14. The summed E-state index contributed by atoms with van der Waals surface area (Å²) >= 11 is 0. The van der Waals surface area contributed by atoms with Gasteiger partial charge in [0.2, 0.25) is 0 Å². The maximum absolute atomic E-state index is 12.3. The van der Waals surface area contributed by atoms with Crippen LogP contribution in [0.4, 0.5) is 14.5 Å². The smallest absolute Gasteiger partial charge is 0.251 e. The molecule has 1 saturated heterocycles. The third-order valence-electron chi connectivity index (χ3n) is 3.48. The molecule has 0 N–H and O–H groups in total. The molecule has 0 bridgehead atoms. The highest BCUT2D eigenvalue weighted by molar-refractivity contribution is 5.48. The Bertz CT molecular complexity index is 357. The molecule has 4 heteroatoms. The van der Waals surface area contributed by atoms with Gasteiger partial charge in [-0.1, -0.05) is 19.1 Å². The molecule has 2 nitrogen and oxygen atoms in total. The Labute approximate surface area is 107 Å². The first-order chi connectivity index (χ1) is 8.69. The zero-order valence-corrected chi connectivity index (χ0v) is 10.8. The van der Waals surface area contributed by atoms with E-state index in [1.165, 1.54) is 11.3 Å². The van der Waals surface area contributed by atoms with Crippen LogP contribution in [0.25, 0.3) is 0 Å². The highest BCUT2D eigenvalue weighted by Crippen LogP contribution is 2.17. The van der Waals surface area contributed by atoms with Crippen molar-refractivity contribution in [3.8, 4) is 0 Å². The third kappa shape index (κ3) is 3.42. The molecule has 18 heavy (non-hydrogen) atoms. The summed E-state index contributed by atoms with van der Waals surface area (Å²) in [5.74, 6) is 0. The zero-order chi connectivity index (χ0) is 13.0. The van der Waals surface area contributed by atoms with Crippen LogP contribution < -0.4 is 4.90 Å². The Morgan fingerprint density at radius 1 is 1.06 bits per heavy atom. The van der Waals surface area contributed by atoms with Gasteiger partial charge in [-0.05, 0) is 24.1 Å². The number of benzene rings is 1. The summed E-state index contributed by atoms with van der Waals surface area (Å²) in [4.78, 5) is 4.10. The van der Waals surface area contributed by atoms with Gasteiger partial charge in [0.1, 0.15) is 0 Å². The first kappa shape index (κ1) is 13.3. The van der Waals surface area contributed by atoms with Crippen molar-refractivity contribution in [1.29, 1.82) is 0 Å². The Morgan fingerprint density at radius 3 is 2.17 bits per heavy atom. The van der Waals surface area contributed by atoms with E-state index in [4.69, 9.17) is 0 Å². The van der Waals surface area contributed by atoms with Crippen LogP contribution in [0.1, 0.15) is 12.5 Å². The summed E-state index contributed by atoms with van der Waals surface area (Å²) in [6, 6.07) is 8.53. The number of nitrogens with zero attached hydrogens (tertiary/aromatic N) is 2. The molecule has 0 aliphatic carbocycles. The van der Waals surface area contributed by atoms with E-state index in [9.17, 15) is 8.78 Å². The summed E-state index contributed by atoms with van der Waals surface area (Å²) in [6.45, 7) is 5.15. The molecule has 0 spiro atoms.